The summed E-state index contributed by atoms with van der Waals surface area (Å²) in [5.74, 6) is -1.00. The summed E-state index contributed by atoms with van der Waals surface area (Å²) < 4.78 is 5.43. The molecule has 148 valence electrons. The predicted octanol–water partition coefficient (Wildman–Crippen LogP) is 2.32. The Morgan fingerprint density at radius 1 is 1.22 bits per heavy atom. The second kappa shape index (κ2) is 7.84. The number of hydrogen-bond acceptors (Lipinski definition) is 5. The average Bonchev–Trinajstić information content (AvgIpc) is 2.60. The summed E-state index contributed by atoms with van der Waals surface area (Å²) in [6.45, 7) is 9.26. The van der Waals surface area contributed by atoms with Crippen molar-refractivity contribution in [3.8, 4) is 0 Å². The van der Waals surface area contributed by atoms with Gasteiger partial charge in [-0.15, -0.1) is 0 Å². The number of carboxylic acid groups (broad SMARTS) is 1. The highest BCUT2D eigenvalue weighted by Crippen LogP contribution is 2.26. The lowest BCUT2D eigenvalue weighted by Crippen LogP contribution is -2.49. The van der Waals surface area contributed by atoms with Crippen molar-refractivity contribution in [1.82, 2.24) is 14.8 Å². The first-order valence-corrected chi connectivity index (χ1v) is 9.61. The fraction of sp³-hybridized carbons (Fsp3) is 0.650. The minimum absolute atomic E-state index is 0.248. The molecule has 1 aliphatic heterocycles. The van der Waals surface area contributed by atoms with Crippen LogP contribution in [0.4, 0.5) is 4.79 Å². The second-order valence-corrected chi connectivity index (χ2v) is 8.47. The molecule has 2 heterocycles. The number of aliphatic carboxylic acids is 1. The molecule has 7 nitrogen and oxygen atoms in total. The van der Waals surface area contributed by atoms with Gasteiger partial charge in [0, 0.05) is 38.9 Å². The maximum Gasteiger partial charge on any atom is 0.410 e. The predicted molar refractivity (Wildman–Crippen MR) is 100 cm³/mol. The Labute approximate surface area is 160 Å². The first kappa shape index (κ1) is 19.6. The zero-order valence-electron chi connectivity index (χ0n) is 16.4. The van der Waals surface area contributed by atoms with Gasteiger partial charge in [0.2, 0.25) is 0 Å². The van der Waals surface area contributed by atoms with E-state index in [1.807, 2.05) is 27.0 Å². The zero-order valence-corrected chi connectivity index (χ0v) is 16.4. The molecule has 1 aliphatic carbocycles. The van der Waals surface area contributed by atoms with Gasteiger partial charge in [-0.1, -0.05) is 0 Å². The number of fused-ring (bicyclic) bond motifs is 1. The van der Waals surface area contributed by atoms with Crippen molar-refractivity contribution in [3.05, 3.63) is 29.1 Å². The van der Waals surface area contributed by atoms with Crippen LogP contribution in [-0.4, -0.2) is 63.7 Å². The molecule has 0 aromatic carbocycles. The number of carbonyl (C=O) groups excluding carboxylic acids is 1. The van der Waals surface area contributed by atoms with Gasteiger partial charge in [0.15, 0.2) is 0 Å². The van der Waals surface area contributed by atoms with Crippen LogP contribution in [-0.2, 0) is 28.9 Å². The van der Waals surface area contributed by atoms with Gasteiger partial charge in [-0.25, -0.2) is 4.79 Å². The number of hydrogen-bond donors (Lipinski definition) is 1. The van der Waals surface area contributed by atoms with Crippen LogP contribution in [0.15, 0.2) is 12.3 Å². The number of nitrogens with zero attached hydrogens (tertiary/aromatic N) is 3. The Morgan fingerprint density at radius 3 is 2.56 bits per heavy atom. The third kappa shape index (κ3) is 5.19. The number of carboxylic acids is 1. The van der Waals surface area contributed by atoms with E-state index in [1.54, 1.807) is 4.90 Å². The van der Waals surface area contributed by atoms with E-state index < -0.39 is 11.6 Å². The minimum atomic E-state index is -0.715. The van der Waals surface area contributed by atoms with E-state index in [1.165, 1.54) is 5.56 Å². The molecular formula is C20H29N3O4. The topological polar surface area (TPSA) is 83.0 Å². The molecule has 3 rings (SSSR count). The molecule has 1 unspecified atom stereocenters. The van der Waals surface area contributed by atoms with Crippen molar-refractivity contribution < 1.29 is 19.4 Å². The minimum Gasteiger partial charge on any atom is -0.481 e. The number of pyridine rings is 1. The Kier molecular flexibility index (Phi) is 5.69. The summed E-state index contributed by atoms with van der Waals surface area (Å²) >= 11 is 0. The van der Waals surface area contributed by atoms with Crippen LogP contribution in [0.5, 0.6) is 0 Å². The van der Waals surface area contributed by atoms with Crippen molar-refractivity contribution >= 4 is 12.1 Å². The van der Waals surface area contributed by atoms with Gasteiger partial charge in [-0.2, -0.15) is 0 Å². The molecule has 1 aromatic rings. The standard InChI is InChI=1S/C20H29N3O4/c1-20(2,3)27-19(26)23-8-6-22(7-9-23)13-17-11-14-4-5-15(18(24)25)10-16(14)12-21-17/h11-12,15H,4-10,13H2,1-3H3,(H,24,25). The van der Waals surface area contributed by atoms with E-state index in [4.69, 9.17) is 4.74 Å². The molecule has 2 aliphatic rings. The van der Waals surface area contributed by atoms with E-state index in [9.17, 15) is 14.7 Å². The Bertz CT molecular complexity index is 706. The molecule has 1 aromatic heterocycles. The van der Waals surface area contributed by atoms with Crippen molar-refractivity contribution in [2.24, 2.45) is 5.92 Å². The molecule has 1 amide bonds. The lowest BCUT2D eigenvalue weighted by Gasteiger charge is -2.35. The molecule has 1 saturated heterocycles. The van der Waals surface area contributed by atoms with Crippen molar-refractivity contribution in [2.45, 2.75) is 52.2 Å². The monoisotopic (exact) mass is 375 g/mol. The van der Waals surface area contributed by atoms with Gasteiger partial charge in [-0.3, -0.25) is 14.7 Å². The van der Waals surface area contributed by atoms with Crippen LogP contribution in [0.3, 0.4) is 0 Å². The lowest BCUT2D eigenvalue weighted by molar-refractivity contribution is -0.142. The first-order valence-electron chi connectivity index (χ1n) is 9.61. The lowest BCUT2D eigenvalue weighted by atomic mass is 9.84. The van der Waals surface area contributed by atoms with E-state index >= 15 is 0 Å². The summed E-state index contributed by atoms with van der Waals surface area (Å²) in [7, 11) is 0. The number of rotatable bonds is 3. The van der Waals surface area contributed by atoms with Gasteiger partial charge in [0.05, 0.1) is 11.6 Å². The molecule has 7 heteroatoms. The quantitative estimate of drug-likeness (QED) is 0.873. The Morgan fingerprint density at radius 2 is 1.93 bits per heavy atom. The van der Waals surface area contributed by atoms with E-state index in [0.717, 1.165) is 37.3 Å². The van der Waals surface area contributed by atoms with Gasteiger partial charge < -0.3 is 14.7 Å². The van der Waals surface area contributed by atoms with Crippen molar-refractivity contribution in [2.75, 3.05) is 26.2 Å². The number of aromatic nitrogens is 1. The summed E-state index contributed by atoms with van der Waals surface area (Å²) in [5, 5.41) is 9.19. The highest BCUT2D eigenvalue weighted by molar-refractivity contribution is 5.71. The molecule has 0 saturated carbocycles. The van der Waals surface area contributed by atoms with Gasteiger partial charge in [0.25, 0.3) is 0 Å². The highest BCUT2D eigenvalue weighted by atomic mass is 16.6. The maximum atomic E-state index is 12.1. The molecule has 1 N–H and O–H groups in total. The third-order valence-corrected chi connectivity index (χ3v) is 5.13. The Hall–Kier alpha value is -2.15. The van der Waals surface area contributed by atoms with Crippen LogP contribution < -0.4 is 0 Å². The van der Waals surface area contributed by atoms with Crippen LogP contribution in [0.2, 0.25) is 0 Å². The molecule has 0 spiro atoms. The molecule has 0 bridgehead atoms. The van der Waals surface area contributed by atoms with Crippen LogP contribution in [0, 0.1) is 5.92 Å². The highest BCUT2D eigenvalue weighted by Gasteiger charge is 2.27. The molecule has 0 radical (unpaired) electrons. The molecular weight excluding hydrogens is 346 g/mol. The van der Waals surface area contributed by atoms with Gasteiger partial charge in [-0.05, 0) is 57.2 Å². The Balaban J connectivity index is 1.53. The van der Waals surface area contributed by atoms with Crippen molar-refractivity contribution in [3.63, 3.8) is 0 Å². The van der Waals surface area contributed by atoms with Crippen LogP contribution >= 0.6 is 0 Å². The number of amides is 1. The smallest absolute Gasteiger partial charge is 0.410 e. The summed E-state index contributed by atoms with van der Waals surface area (Å²) in [5.41, 5.74) is 2.83. The third-order valence-electron chi connectivity index (χ3n) is 5.13. The maximum absolute atomic E-state index is 12.1. The number of ether oxygens (including phenoxy) is 1. The first-order chi connectivity index (χ1) is 12.7. The zero-order chi connectivity index (χ0) is 19.6. The normalized spacial score (nSPS) is 20.9. The van der Waals surface area contributed by atoms with E-state index in [0.29, 0.717) is 25.9 Å². The molecule has 1 fully saturated rings. The number of piperazine rings is 1. The summed E-state index contributed by atoms with van der Waals surface area (Å²) in [6, 6.07) is 2.12. The van der Waals surface area contributed by atoms with E-state index in [-0.39, 0.29) is 12.0 Å². The van der Waals surface area contributed by atoms with Gasteiger partial charge in [0.1, 0.15) is 5.60 Å². The van der Waals surface area contributed by atoms with Gasteiger partial charge >= 0.3 is 12.1 Å². The number of aryl methyl sites for hydroxylation is 1. The van der Waals surface area contributed by atoms with Crippen LogP contribution in [0.1, 0.15) is 44.0 Å². The number of carbonyl (C=O) groups is 2. The fourth-order valence-corrected chi connectivity index (χ4v) is 3.63. The largest absolute Gasteiger partial charge is 0.481 e. The van der Waals surface area contributed by atoms with Crippen LogP contribution in [0.25, 0.3) is 0 Å². The van der Waals surface area contributed by atoms with E-state index in [2.05, 4.69) is 16.0 Å². The fourth-order valence-electron chi connectivity index (χ4n) is 3.63. The summed E-state index contributed by atoms with van der Waals surface area (Å²) in [6.07, 6.45) is 3.67. The van der Waals surface area contributed by atoms with Crippen molar-refractivity contribution in [1.29, 1.82) is 0 Å². The molecule has 1 atom stereocenters. The average molecular weight is 375 g/mol. The summed E-state index contributed by atoms with van der Waals surface area (Å²) in [4.78, 5) is 31.9. The molecule has 27 heavy (non-hydrogen) atoms. The SMILES string of the molecule is CC(C)(C)OC(=O)N1CCN(Cc2cc3c(cn2)CC(C(=O)O)CC3)CC1. The second-order valence-electron chi connectivity index (χ2n) is 8.47.